The van der Waals surface area contributed by atoms with Gasteiger partial charge in [-0.3, -0.25) is 19.6 Å². The van der Waals surface area contributed by atoms with Crippen molar-refractivity contribution in [1.29, 1.82) is 0 Å². The van der Waals surface area contributed by atoms with E-state index in [-0.39, 0.29) is 29.9 Å². The van der Waals surface area contributed by atoms with Crippen LogP contribution >= 0.6 is 0 Å². The number of nitrogens with zero attached hydrogens (tertiary/aromatic N) is 5. The van der Waals surface area contributed by atoms with Gasteiger partial charge in [-0.15, -0.1) is 0 Å². The molecule has 2 aliphatic rings. The number of methoxy groups -OCH3 is 1. The van der Waals surface area contributed by atoms with E-state index in [9.17, 15) is 14.4 Å². The Bertz CT molecular complexity index is 1180. The summed E-state index contributed by atoms with van der Waals surface area (Å²) in [7, 11) is 1.69. The molecular weight excluding hydrogens is 488 g/mol. The Labute approximate surface area is 222 Å². The van der Waals surface area contributed by atoms with Gasteiger partial charge in [-0.05, 0) is 44.0 Å². The maximum Gasteiger partial charge on any atom is 0.354 e. The second-order valence-electron chi connectivity index (χ2n) is 10.5. The Morgan fingerprint density at radius 2 is 1.74 bits per heavy atom. The molecule has 0 radical (unpaired) electrons. The van der Waals surface area contributed by atoms with Crippen LogP contribution in [0.5, 0.6) is 0 Å². The van der Waals surface area contributed by atoms with E-state index in [0.717, 1.165) is 31.6 Å². The number of nitrogens with one attached hydrogen (secondary N) is 1. The summed E-state index contributed by atoms with van der Waals surface area (Å²) in [6.45, 7) is 7.35. The summed E-state index contributed by atoms with van der Waals surface area (Å²) < 4.78 is 6.92. The zero-order valence-corrected chi connectivity index (χ0v) is 22.3. The zero-order chi connectivity index (χ0) is 27.4. The molecule has 38 heavy (non-hydrogen) atoms. The van der Waals surface area contributed by atoms with Gasteiger partial charge in [-0.2, -0.15) is 4.98 Å². The average molecular weight is 527 g/mol. The first kappa shape index (κ1) is 27.7. The molecule has 0 spiro atoms. The first-order chi connectivity index (χ1) is 18.0. The Morgan fingerprint density at radius 3 is 2.34 bits per heavy atom. The summed E-state index contributed by atoms with van der Waals surface area (Å²) in [5, 5.41) is 2.68. The number of piperidine rings is 1. The Balaban J connectivity index is 1.32. The predicted molar refractivity (Wildman–Crippen MR) is 144 cm³/mol. The van der Waals surface area contributed by atoms with Crippen molar-refractivity contribution >= 4 is 17.8 Å². The second kappa shape index (κ2) is 11.6. The molecule has 1 aromatic carbocycles. The molecule has 2 aliphatic heterocycles. The lowest BCUT2D eigenvalue weighted by Crippen LogP contribution is -2.58. The van der Waals surface area contributed by atoms with Crippen molar-refractivity contribution < 1.29 is 14.3 Å². The molecule has 2 aromatic rings. The number of hydrogen-bond acceptors (Lipinski definition) is 8. The molecule has 0 saturated carbocycles. The van der Waals surface area contributed by atoms with Crippen molar-refractivity contribution in [2.45, 2.75) is 44.5 Å². The van der Waals surface area contributed by atoms with Crippen LogP contribution in [-0.4, -0.2) is 100 Å². The lowest BCUT2D eigenvalue weighted by molar-refractivity contribution is -0.137. The van der Waals surface area contributed by atoms with Crippen molar-refractivity contribution in [3.05, 3.63) is 52.6 Å². The van der Waals surface area contributed by atoms with E-state index in [1.54, 1.807) is 43.0 Å². The molecule has 0 aliphatic carbocycles. The number of amides is 3. The van der Waals surface area contributed by atoms with Gasteiger partial charge in [-0.25, -0.2) is 9.59 Å². The van der Waals surface area contributed by atoms with Crippen LogP contribution in [0.25, 0.3) is 5.69 Å². The number of hydrogen-bond donors (Lipinski definition) is 3. The third-order valence-electron chi connectivity index (χ3n) is 7.06. The highest BCUT2D eigenvalue weighted by molar-refractivity contribution is 5.89. The van der Waals surface area contributed by atoms with Crippen molar-refractivity contribution in [1.82, 2.24) is 24.3 Å². The first-order valence-corrected chi connectivity index (χ1v) is 12.9. The fraction of sp³-hybridized carbons (Fsp3) is 0.538. The van der Waals surface area contributed by atoms with Crippen molar-refractivity contribution in [3.8, 4) is 5.69 Å². The van der Waals surface area contributed by atoms with Gasteiger partial charge in [0.2, 0.25) is 5.91 Å². The molecule has 4 rings (SSSR count). The maximum atomic E-state index is 12.7. The minimum absolute atomic E-state index is 0.0315. The van der Waals surface area contributed by atoms with Crippen LogP contribution in [0.1, 0.15) is 25.8 Å². The number of rotatable bonds is 6. The van der Waals surface area contributed by atoms with Crippen LogP contribution in [0, 0.1) is 0 Å². The van der Waals surface area contributed by atoms with Gasteiger partial charge in [0.1, 0.15) is 5.82 Å². The van der Waals surface area contributed by atoms with E-state index in [0.29, 0.717) is 31.9 Å². The minimum Gasteiger partial charge on any atom is -0.379 e. The Hall–Kier alpha value is -3.32. The largest absolute Gasteiger partial charge is 0.379 e. The van der Waals surface area contributed by atoms with Crippen LogP contribution in [0.2, 0.25) is 0 Å². The van der Waals surface area contributed by atoms with Gasteiger partial charge >= 0.3 is 11.7 Å². The summed E-state index contributed by atoms with van der Waals surface area (Å²) in [4.78, 5) is 47.3. The minimum atomic E-state index is -0.950. The van der Waals surface area contributed by atoms with Gasteiger partial charge in [0.25, 0.3) is 0 Å². The highest BCUT2D eigenvalue weighted by Crippen LogP contribution is 2.17. The average Bonchev–Trinajstić information content (AvgIpc) is 2.89. The van der Waals surface area contributed by atoms with E-state index >= 15 is 0 Å². The fourth-order valence-corrected chi connectivity index (χ4v) is 4.79. The monoisotopic (exact) mass is 526 g/mol. The van der Waals surface area contributed by atoms with Gasteiger partial charge in [0, 0.05) is 65.2 Å². The summed E-state index contributed by atoms with van der Waals surface area (Å²) in [6, 6.07) is 9.02. The summed E-state index contributed by atoms with van der Waals surface area (Å²) in [5.41, 5.74) is 12.4. The lowest BCUT2D eigenvalue weighted by atomic mass is 10.0. The van der Waals surface area contributed by atoms with E-state index in [4.69, 9.17) is 16.2 Å². The van der Waals surface area contributed by atoms with Crippen molar-refractivity contribution in [3.63, 3.8) is 0 Å². The third-order valence-corrected chi connectivity index (χ3v) is 7.06. The number of nitrogens with two attached hydrogens (primary N) is 2. The van der Waals surface area contributed by atoms with Crippen molar-refractivity contribution in [2.75, 3.05) is 51.7 Å². The molecule has 0 bridgehead atoms. The standard InChI is InChI=1S/C26H38N8O4/c1-26(2,28)23(35)32-12-14-33(15-13-32)24(36)29-22-9-11-34(25(37)30-22)19-6-4-18(5-7-19)16-31-10-8-20(27)21(17-31)38-3/h4-7,9,11,20-21H,8,10,12-17,27-28H2,1-3H3,(H,29,30,36,37). The molecule has 3 heterocycles. The van der Waals surface area contributed by atoms with Crippen LogP contribution in [0.3, 0.4) is 0 Å². The van der Waals surface area contributed by atoms with Crippen LogP contribution in [0.4, 0.5) is 10.6 Å². The van der Waals surface area contributed by atoms with E-state index in [2.05, 4.69) is 15.2 Å². The van der Waals surface area contributed by atoms with E-state index in [1.807, 2.05) is 24.3 Å². The predicted octanol–water partition coefficient (Wildman–Crippen LogP) is 0.194. The molecule has 5 N–H and O–H groups in total. The van der Waals surface area contributed by atoms with Gasteiger partial charge < -0.3 is 26.0 Å². The Kier molecular flexibility index (Phi) is 8.46. The molecule has 2 fully saturated rings. The van der Waals surface area contributed by atoms with E-state index < -0.39 is 11.2 Å². The molecular formula is C26H38N8O4. The zero-order valence-electron chi connectivity index (χ0n) is 22.3. The van der Waals surface area contributed by atoms with E-state index in [1.165, 1.54) is 4.57 Å². The highest BCUT2D eigenvalue weighted by Gasteiger charge is 2.31. The molecule has 3 amide bonds. The maximum absolute atomic E-state index is 12.7. The number of aromatic nitrogens is 2. The molecule has 1 aromatic heterocycles. The highest BCUT2D eigenvalue weighted by atomic mass is 16.5. The lowest BCUT2D eigenvalue weighted by Gasteiger charge is -2.37. The topological polar surface area (TPSA) is 152 Å². The number of ether oxygens (including phenoxy) is 1. The number of benzene rings is 1. The second-order valence-corrected chi connectivity index (χ2v) is 10.5. The number of carbonyl (C=O) groups excluding carboxylic acids is 2. The van der Waals surface area contributed by atoms with Crippen LogP contribution in [-0.2, 0) is 16.1 Å². The van der Waals surface area contributed by atoms with Crippen LogP contribution < -0.4 is 22.5 Å². The number of carbonyl (C=O) groups is 2. The van der Waals surface area contributed by atoms with Crippen LogP contribution in [0.15, 0.2) is 41.3 Å². The molecule has 12 heteroatoms. The van der Waals surface area contributed by atoms with Gasteiger partial charge in [0.15, 0.2) is 0 Å². The van der Waals surface area contributed by atoms with Crippen molar-refractivity contribution in [2.24, 2.45) is 11.5 Å². The Morgan fingerprint density at radius 1 is 1.08 bits per heavy atom. The SMILES string of the molecule is COC1CN(Cc2ccc(-n3ccc(NC(=O)N4CCN(C(=O)C(C)(C)N)CC4)nc3=O)cc2)CCC1N. The number of likely N-dealkylation sites (tertiary alicyclic amines) is 1. The number of urea groups is 1. The van der Waals surface area contributed by atoms with Gasteiger partial charge in [-0.1, -0.05) is 12.1 Å². The quantitative estimate of drug-likeness (QED) is 0.483. The smallest absolute Gasteiger partial charge is 0.354 e. The summed E-state index contributed by atoms with van der Waals surface area (Å²) in [6.07, 6.45) is 2.52. The molecule has 12 nitrogen and oxygen atoms in total. The first-order valence-electron chi connectivity index (χ1n) is 12.9. The molecule has 2 unspecified atom stereocenters. The number of anilines is 1. The third kappa shape index (κ3) is 6.57. The molecule has 206 valence electrons. The molecule has 2 saturated heterocycles. The normalized spacial score (nSPS) is 20.9. The fourth-order valence-electron chi connectivity index (χ4n) is 4.79. The summed E-state index contributed by atoms with van der Waals surface area (Å²) in [5.74, 6) is 0.0253. The molecule has 2 atom stereocenters. The van der Waals surface area contributed by atoms with Gasteiger partial charge in [0.05, 0.1) is 17.3 Å². The summed E-state index contributed by atoms with van der Waals surface area (Å²) >= 11 is 0. The number of piperazine rings is 1.